The highest BCUT2D eigenvalue weighted by molar-refractivity contribution is 7.94. The maximum Gasteiger partial charge on any atom is 0.323 e. The summed E-state index contributed by atoms with van der Waals surface area (Å²) in [6.07, 6.45) is 0. The van der Waals surface area contributed by atoms with Gasteiger partial charge in [-0.15, -0.1) is 0 Å². The second-order valence-corrected chi connectivity index (χ2v) is 6.07. The van der Waals surface area contributed by atoms with Gasteiger partial charge in [0.05, 0.1) is 0 Å². The lowest BCUT2D eigenvalue weighted by Gasteiger charge is -2.12. The molecule has 0 heterocycles. The molecule has 20 heavy (non-hydrogen) atoms. The fourth-order valence-electron chi connectivity index (χ4n) is 1.37. The molecule has 7 nitrogen and oxygen atoms in total. The molecule has 0 bridgehead atoms. The van der Waals surface area contributed by atoms with Crippen LogP contribution in [0.5, 0.6) is 0 Å². The Bertz CT molecular complexity index is 612. The molecular weight excluding hydrogens is 284 g/mol. The van der Waals surface area contributed by atoms with Crippen LogP contribution in [0, 0.1) is 0 Å². The van der Waals surface area contributed by atoms with Gasteiger partial charge < -0.3 is 10.4 Å². The predicted molar refractivity (Wildman–Crippen MR) is 74.1 cm³/mol. The van der Waals surface area contributed by atoms with Gasteiger partial charge in [0.25, 0.3) is 5.91 Å². The summed E-state index contributed by atoms with van der Waals surface area (Å²) in [7, 11) is -4.05. The van der Waals surface area contributed by atoms with Gasteiger partial charge in [0.2, 0.25) is 10.0 Å². The van der Waals surface area contributed by atoms with Crippen molar-refractivity contribution < 1.29 is 23.1 Å². The number of hydrogen-bond donors (Lipinski definition) is 3. The molecule has 1 rings (SSSR count). The number of carboxylic acid groups (broad SMARTS) is 1. The first-order chi connectivity index (χ1) is 9.27. The Morgan fingerprint density at radius 3 is 2.55 bits per heavy atom. The molecule has 0 aromatic heterocycles. The lowest BCUT2D eigenvalue weighted by Crippen LogP contribution is -2.32. The summed E-state index contributed by atoms with van der Waals surface area (Å²) >= 11 is 0. The monoisotopic (exact) mass is 300 g/mol. The van der Waals surface area contributed by atoms with Crippen LogP contribution >= 0.6 is 0 Å². The standard InChI is InChI=1S/C12H16N2O5S/c1-3-13-11(15)9-5-4-6-10(7-9)14-20(18,19)8(2)12(16)17/h4-8,14H,3H2,1-2H3,(H,13,15)(H,16,17). The van der Waals surface area contributed by atoms with Gasteiger partial charge in [-0.3, -0.25) is 14.3 Å². The van der Waals surface area contributed by atoms with Gasteiger partial charge >= 0.3 is 5.97 Å². The van der Waals surface area contributed by atoms with E-state index in [4.69, 9.17) is 5.11 Å². The molecule has 0 saturated heterocycles. The van der Waals surface area contributed by atoms with E-state index in [2.05, 4.69) is 10.0 Å². The second-order valence-electron chi connectivity index (χ2n) is 4.07. The van der Waals surface area contributed by atoms with Crippen LogP contribution in [0.25, 0.3) is 0 Å². The van der Waals surface area contributed by atoms with E-state index >= 15 is 0 Å². The van der Waals surface area contributed by atoms with Gasteiger partial charge in [0.1, 0.15) is 0 Å². The molecule has 1 amide bonds. The molecule has 0 radical (unpaired) electrons. The third-order valence-electron chi connectivity index (χ3n) is 2.54. The lowest BCUT2D eigenvalue weighted by atomic mass is 10.2. The Morgan fingerprint density at radius 2 is 2.00 bits per heavy atom. The highest BCUT2D eigenvalue weighted by Crippen LogP contribution is 2.14. The van der Waals surface area contributed by atoms with Gasteiger partial charge in [-0.05, 0) is 32.0 Å². The fourth-order valence-corrected chi connectivity index (χ4v) is 2.27. The third kappa shape index (κ3) is 3.95. The number of nitrogens with one attached hydrogen (secondary N) is 2. The molecule has 1 aromatic rings. The molecule has 0 aliphatic carbocycles. The van der Waals surface area contributed by atoms with E-state index in [1.54, 1.807) is 6.92 Å². The van der Waals surface area contributed by atoms with Crippen LogP contribution in [0.4, 0.5) is 5.69 Å². The number of carboxylic acids is 1. The number of carbonyl (C=O) groups excluding carboxylic acids is 1. The normalized spacial score (nSPS) is 12.5. The Morgan fingerprint density at radius 1 is 1.35 bits per heavy atom. The molecule has 3 N–H and O–H groups in total. The average molecular weight is 300 g/mol. The number of hydrogen-bond acceptors (Lipinski definition) is 4. The molecule has 8 heteroatoms. The van der Waals surface area contributed by atoms with E-state index in [1.165, 1.54) is 24.3 Å². The van der Waals surface area contributed by atoms with Crippen LogP contribution in [-0.4, -0.2) is 37.2 Å². The minimum Gasteiger partial charge on any atom is -0.480 e. The Kier molecular flexibility index (Phi) is 5.09. The Hall–Kier alpha value is -2.09. The van der Waals surface area contributed by atoms with E-state index in [0.717, 1.165) is 6.92 Å². The van der Waals surface area contributed by atoms with Gasteiger partial charge in [-0.25, -0.2) is 8.42 Å². The maximum atomic E-state index is 11.8. The minimum atomic E-state index is -4.05. The fraction of sp³-hybridized carbons (Fsp3) is 0.333. The zero-order chi connectivity index (χ0) is 15.3. The molecule has 110 valence electrons. The van der Waals surface area contributed by atoms with E-state index in [1.807, 2.05) is 0 Å². The van der Waals surface area contributed by atoms with Crippen molar-refractivity contribution in [2.75, 3.05) is 11.3 Å². The predicted octanol–water partition coefficient (Wildman–Crippen LogP) is 0.651. The number of amides is 1. The number of benzene rings is 1. The lowest BCUT2D eigenvalue weighted by molar-refractivity contribution is -0.136. The van der Waals surface area contributed by atoms with E-state index in [-0.39, 0.29) is 17.2 Å². The minimum absolute atomic E-state index is 0.141. The van der Waals surface area contributed by atoms with Crippen molar-refractivity contribution in [1.29, 1.82) is 0 Å². The average Bonchev–Trinajstić information content (AvgIpc) is 2.37. The van der Waals surface area contributed by atoms with E-state index < -0.39 is 21.2 Å². The van der Waals surface area contributed by atoms with Crippen LogP contribution in [-0.2, 0) is 14.8 Å². The van der Waals surface area contributed by atoms with Crippen LogP contribution < -0.4 is 10.0 Å². The van der Waals surface area contributed by atoms with Crippen molar-refractivity contribution in [2.24, 2.45) is 0 Å². The molecular formula is C12H16N2O5S. The molecule has 1 atom stereocenters. The first-order valence-corrected chi connectivity index (χ1v) is 7.45. The summed E-state index contributed by atoms with van der Waals surface area (Å²) in [6.45, 7) is 3.28. The third-order valence-corrected chi connectivity index (χ3v) is 4.19. The largest absolute Gasteiger partial charge is 0.480 e. The summed E-state index contributed by atoms with van der Waals surface area (Å²) in [6, 6.07) is 5.82. The summed E-state index contributed by atoms with van der Waals surface area (Å²) < 4.78 is 25.7. The number of anilines is 1. The zero-order valence-corrected chi connectivity index (χ0v) is 11.9. The van der Waals surface area contributed by atoms with Crippen molar-refractivity contribution in [3.8, 4) is 0 Å². The first kappa shape index (κ1) is 16.0. The summed E-state index contributed by atoms with van der Waals surface area (Å²) in [5.41, 5.74) is 0.428. The van der Waals surface area contributed by atoms with Crippen molar-refractivity contribution in [1.82, 2.24) is 5.32 Å². The van der Waals surface area contributed by atoms with Gasteiger partial charge in [-0.2, -0.15) is 0 Å². The quantitative estimate of drug-likeness (QED) is 0.714. The highest BCUT2D eigenvalue weighted by atomic mass is 32.2. The Labute approximate surface area is 117 Å². The molecule has 1 aromatic carbocycles. The summed E-state index contributed by atoms with van der Waals surface area (Å²) in [4.78, 5) is 22.3. The summed E-state index contributed by atoms with van der Waals surface area (Å²) in [5.74, 6) is -1.78. The van der Waals surface area contributed by atoms with E-state index in [0.29, 0.717) is 6.54 Å². The SMILES string of the molecule is CCNC(=O)c1cccc(NS(=O)(=O)C(C)C(=O)O)c1. The van der Waals surface area contributed by atoms with Crippen LogP contribution in [0.1, 0.15) is 24.2 Å². The van der Waals surface area contributed by atoms with E-state index in [9.17, 15) is 18.0 Å². The molecule has 0 spiro atoms. The summed E-state index contributed by atoms with van der Waals surface area (Å²) in [5, 5.41) is 9.72. The maximum absolute atomic E-state index is 11.8. The topological polar surface area (TPSA) is 113 Å². The number of aliphatic carboxylic acids is 1. The number of carbonyl (C=O) groups is 2. The smallest absolute Gasteiger partial charge is 0.323 e. The van der Waals surface area contributed by atoms with Gasteiger partial charge in [-0.1, -0.05) is 6.07 Å². The highest BCUT2D eigenvalue weighted by Gasteiger charge is 2.27. The molecule has 0 fully saturated rings. The van der Waals surface area contributed by atoms with Crippen molar-refractivity contribution in [3.63, 3.8) is 0 Å². The molecule has 1 unspecified atom stereocenters. The Balaban J connectivity index is 2.97. The van der Waals surface area contributed by atoms with Crippen LogP contribution in [0.15, 0.2) is 24.3 Å². The zero-order valence-electron chi connectivity index (χ0n) is 11.1. The van der Waals surface area contributed by atoms with Gasteiger partial charge in [0, 0.05) is 17.8 Å². The first-order valence-electron chi connectivity index (χ1n) is 5.90. The van der Waals surface area contributed by atoms with Gasteiger partial charge in [0.15, 0.2) is 5.25 Å². The van der Waals surface area contributed by atoms with Crippen LogP contribution in [0.2, 0.25) is 0 Å². The van der Waals surface area contributed by atoms with Crippen molar-refractivity contribution >= 4 is 27.6 Å². The second kappa shape index (κ2) is 6.38. The molecule has 0 aliphatic rings. The number of sulfonamides is 1. The molecule has 0 saturated carbocycles. The van der Waals surface area contributed by atoms with Crippen LogP contribution in [0.3, 0.4) is 0 Å². The molecule has 0 aliphatic heterocycles. The van der Waals surface area contributed by atoms with Crippen molar-refractivity contribution in [3.05, 3.63) is 29.8 Å². The van der Waals surface area contributed by atoms with Crippen molar-refractivity contribution in [2.45, 2.75) is 19.1 Å². The number of rotatable bonds is 6.